The smallest absolute Gasteiger partial charge is 0.258 e. The molecule has 0 saturated carbocycles. The van der Waals surface area contributed by atoms with E-state index in [0.717, 1.165) is 0 Å². The molecule has 0 bridgehead atoms. The van der Waals surface area contributed by atoms with Gasteiger partial charge in [0.05, 0.1) is 33.5 Å². The Morgan fingerprint density at radius 3 is 2.03 bits per heavy atom. The molecule has 1 atom stereocenters. The van der Waals surface area contributed by atoms with Gasteiger partial charge in [-0.25, -0.2) is 0 Å². The number of nitrogens with zero attached hydrogens (tertiary/aromatic N) is 2. The number of halogens is 2. The highest BCUT2D eigenvalue weighted by atomic mass is 35.5. The lowest BCUT2D eigenvalue weighted by atomic mass is 10.2. The van der Waals surface area contributed by atoms with E-state index >= 15 is 0 Å². The molecule has 2 rings (SSSR count). The van der Waals surface area contributed by atoms with Gasteiger partial charge < -0.3 is 24.3 Å². The zero-order chi connectivity index (χ0) is 23.1. The standard InChI is InChI=1S/C20H21Cl2N3O6/c1-10(26)18(25-24-14-9-12(28-2)8-13(21)19(14)31-5)20(27)23-11-6-15(29-3)17(22)16(7-11)30-4/h6-9,18H,1-5H3,(H,23,27). The Hall–Kier alpha value is -3.04. The first-order valence-corrected chi connectivity index (χ1v) is 9.56. The number of Topliss-reactive ketones (excluding diaryl/α,β-unsaturated/α-hetero) is 1. The second kappa shape index (κ2) is 10.8. The van der Waals surface area contributed by atoms with Crippen LogP contribution in [-0.4, -0.2) is 46.2 Å². The summed E-state index contributed by atoms with van der Waals surface area (Å²) in [4.78, 5) is 24.8. The fourth-order valence-electron chi connectivity index (χ4n) is 2.54. The van der Waals surface area contributed by atoms with Crippen LogP contribution in [0.5, 0.6) is 23.0 Å². The maximum absolute atomic E-state index is 12.7. The largest absolute Gasteiger partial charge is 0.497 e. The molecule has 0 aliphatic carbocycles. The number of carbonyl (C=O) groups excluding carboxylic acids is 2. The van der Waals surface area contributed by atoms with Gasteiger partial charge >= 0.3 is 0 Å². The Morgan fingerprint density at radius 1 is 0.935 bits per heavy atom. The van der Waals surface area contributed by atoms with Crippen LogP contribution in [0.4, 0.5) is 11.4 Å². The van der Waals surface area contributed by atoms with Crippen molar-refractivity contribution in [2.45, 2.75) is 13.0 Å². The van der Waals surface area contributed by atoms with Crippen LogP contribution >= 0.6 is 23.2 Å². The van der Waals surface area contributed by atoms with Crippen LogP contribution in [0, 0.1) is 0 Å². The summed E-state index contributed by atoms with van der Waals surface area (Å²) in [6.07, 6.45) is 0. The number of azo groups is 1. The fourth-order valence-corrected chi connectivity index (χ4v) is 3.08. The zero-order valence-electron chi connectivity index (χ0n) is 17.5. The van der Waals surface area contributed by atoms with Gasteiger partial charge in [-0.15, -0.1) is 0 Å². The van der Waals surface area contributed by atoms with E-state index in [-0.39, 0.29) is 33.0 Å². The summed E-state index contributed by atoms with van der Waals surface area (Å²) < 4.78 is 20.7. The highest BCUT2D eigenvalue weighted by Crippen LogP contribution is 2.39. The number of hydrogen-bond acceptors (Lipinski definition) is 8. The van der Waals surface area contributed by atoms with E-state index in [2.05, 4.69) is 15.5 Å². The average Bonchev–Trinajstić information content (AvgIpc) is 2.74. The minimum atomic E-state index is -1.43. The average molecular weight is 470 g/mol. The number of amides is 1. The lowest BCUT2D eigenvalue weighted by Gasteiger charge is -2.14. The molecule has 0 fully saturated rings. The van der Waals surface area contributed by atoms with Crippen LogP contribution in [0.3, 0.4) is 0 Å². The fraction of sp³-hybridized carbons (Fsp3) is 0.300. The van der Waals surface area contributed by atoms with E-state index in [9.17, 15) is 9.59 Å². The molecule has 0 heterocycles. The van der Waals surface area contributed by atoms with Gasteiger partial charge in [-0.05, 0) is 6.92 Å². The van der Waals surface area contributed by atoms with Gasteiger partial charge in [0.15, 0.2) is 11.5 Å². The lowest BCUT2D eigenvalue weighted by Crippen LogP contribution is -2.31. The Labute approximate surface area is 189 Å². The van der Waals surface area contributed by atoms with Crippen molar-refractivity contribution in [2.75, 3.05) is 33.8 Å². The molecular formula is C20H21Cl2N3O6. The van der Waals surface area contributed by atoms with Crippen molar-refractivity contribution in [3.05, 3.63) is 34.3 Å². The number of hydrogen-bond donors (Lipinski definition) is 1. The highest BCUT2D eigenvalue weighted by molar-refractivity contribution is 6.33. The van der Waals surface area contributed by atoms with Crippen LogP contribution in [-0.2, 0) is 9.59 Å². The van der Waals surface area contributed by atoms with Gasteiger partial charge in [0, 0.05) is 30.0 Å². The first-order chi connectivity index (χ1) is 14.7. The predicted octanol–water partition coefficient (Wildman–Crippen LogP) is 4.71. The van der Waals surface area contributed by atoms with Crippen molar-refractivity contribution in [1.29, 1.82) is 0 Å². The second-order valence-electron chi connectivity index (χ2n) is 6.07. The molecule has 0 spiro atoms. The van der Waals surface area contributed by atoms with Crippen LogP contribution in [0.25, 0.3) is 0 Å². The normalized spacial score (nSPS) is 11.7. The van der Waals surface area contributed by atoms with Crippen LogP contribution in [0.1, 0.15) is 6.92 Å². The summed E-state index contributed by atoms with van der Waals surface area (Å²) in [6, 6.07) is 4.60. The number of ketones is 1. The van der Waals surface area contributed by atoms with E-state index in [1.54, 1.807) is 0 Å². The van der Waals surface area contributed by atoms with Crippen molar-refractivity contribution >= 4 is 46.3 Å². The molecule has 2 aromatic rings. The molecule has 0 aromatic heterocycles. The summed E-state index contributed by atoms with van der Waals surface area (Å²) in [7, 11) is 5.71. The first-order valence-electron chi connectivity index (χ1n) is 8.80. The molecule has 0 saturated heterocycles. The van der Waals surface area contributed by atoms with Gasteiger partial charge in [0.1, 0.15) is 28.0 Å². The molecular weight excluding hydrogens is 449 g/mol. The van der Waals surface area contributed by atoms with E-state index in [0.29, 0.717) is 11.4 Å². The molecule has 0 aliphatic heterocycles. The maximum atomic E-state index is 12.7. The minimum Gasteiger partial charge on any atom is -0.497 e. The third kappa shape index (κ3) is 5.77. The first kappa shape index (κ1) is 24.2. The molecule has 0 aliphatic rings. The third-order valence-electron chi connectivity index (χ3n) is 4.06. The number of methoxy groups -OCH3 is 4. The number of ether oxygens (including phenoxy) is 4. The van der Waals surface area contributed by atoms with Crippen molar-refractivity contribution in [1.82, 2.24) is 0 Å². The molecule has 2 aromatic carbocycles. The SMILES string of the molecule is COc1cc(Cl)c(OC)c(N=NC(C(C)=O)C(=O)Nc2cc(OC)c(Cl)c(OC)c2)c1. The molecule has 11 heteroatoms. The molecule has 31 heavy (non-hydrogen) atoms. The Morgan fingerprint density at radius 2 is 1.55 bits per heavy atom. The monoisotopic (exact) mass is 469 g/mol. The molecule has 1 unspecified atom stereocenters. The van der Waals surface area contributed by atoms with Crippen LogP contribution in [0.15, 0.2) is 34.5 Å². The zero-order valence-corrected chi connectivity index (χ0v) is 19.0. The van der Waals surface area contributed by atoms with Crippen molar-refractivity contribution < 1.29 is 28.5 Å². The molecule has 1 amide bonds. The number of carbonyl (C=O) groups is 2. The number of nitrogens with one attached hydrogen (secondary N) is 1. The number of rotatable bonds is 9. The Balaban J connectivity index is 2.35. The Kier molecular flexibility index (Phi) is 8.47. The highest BCUT2D eigenvalue weighted by Gasteiger charge is 2.24. The number of anilines is 1. The Bertz CT molecular complexity index is 988. The van der Waals surface area contributed by atoms with Gasteiger partial charge in [-0.3, -0.25) is 9.59 Å². The van der Waals surface area contributed by atoms with E-state index < -0.39 is 17.7 Å². The maximum Gasteiger partial charge on any atom is 0.258 e. The van der Waals surface area contributed by atoms with E-state index in [1.165, 1.54) is 59.6 Å². The predicted molar refractivity (Wildman–Crippen MR) is 117 cm³/mol. The summed E-state index contributed by atoms with van der Waals surface area (Å²) in [5.41, 5.74) is 0.493. The van der Waals surface area contributed by atoms with Gasteiger partial charge in [0.2, 0.25) is 6.04 Å². The topological polar surface area (TPSA) is 108 Å². The summed E-state index contributed by atoms with van der Waals surface area (Å²) in [5.74, 6) is -0.0380. The summed E-state index contributed by atoms with van der Waals surface area (Å²) in [6.45, 7) is 1.22. The van der Waals surface area contributed by atoms with Crippen molar-refractivity contribution in [3.63, 3.8) is 0 Å². The van der Waals surface area contributed by atoms with Gasteiger partial charge in [-0.2, -0.15) is 10.2 Å². The van der Waals surface area contributed by atoms with Crippen molar-refractivity contribution in [3.8, 4) is 23.0 Å². The molecule has 166 valence electrons. The summed E-state index contributed by atoms with van der Waals surface area (Å²) >= 11 is 12.3. The molecule has 1 N–H and O–H groups in total. The molecule has 9 nitrogen and oxygen atoms in total. The van der Waals surface area contributed by atoms with Crippen molar-refractivity contribution in [2.24, 2.45) is 10.2 Å². The van der Waals surface area contributed by atoms with E-state index in [4.69, 9.17) is 42.1 Å². The second-order valence-corrected chi connectivity index (χ2v) is 6.86. The number of benzene rings is 2. The van der Waals surface area contributed by atoms with Crippen LogP contribution < -0.4 is 24.3 Å². The summed E-state index contributed by atoms with van der Waals surface area (Å²) in [5, 5.41) is 11.0. The third-order valence-corrected chi connectivity index (χ3v) is 4.72. The quantitative estimate of drug-likeness (QED) is 0.420. The van der Waals surface area contributed by atoms with Gasteiger partial charge in [-0.1, -0.05) is 23.2 Å². The lowest BCUT2D eigenvalue weighted by molar-refractivity contribution is -0.126. The molecule has 0 radical (unpaired) electrons. The van der Waals surface area contributed by atoms with Crippen LogP contribution in [0.2, 0.25) is 10.0 Å². The van der Waals surface area contributed by atoms with E-state index in [1.807, 2.05) is 0 Å². The van der Waals surface area contributed by atoms with Gasteiger partial charge in [0.25, 0.3) is 5.91 Å². The minimum absolute atomic E-state index is 0.195.